The molecule has 0 heterocycles. The molecule has 2 rings (SSSR count). The van der Waals surface area contributed by atoms with Gasteiger partial charge in [0, 0.05) is 11.8 Å². The van der Waals surface area contributed by atoms with Crippen molar-refractivity contribution in [3.63, 3.8) is 0 Å². The van der Waals surface area contributed by atoms with Gasteiger partial charge in [-0.3, -0.25) is 4.99 Å². The van der Waals surface area contributed by atoms with Gasteiger partial charge in [-0.2, -0.15) is 0 Å². The van der Waals surface area contributed by atoms with E-state index < -0.39 is 0 Å². The van der Waals surface area contributed by atoms with E-state index in [0.29, 0.717) is 0 Å². The van der Waals surface area contributed by atoms with Crippen molar-refractivity contribution < 1.29 is 5.11 Å². The Balaban J connectivity index is 2.22. The third kappa shape index (κ3) is 3.02. The topological polar surface area (TPSA) is 32.6 Å². The number of rotatable bonds is 3. The fourth-order valence-corrected chi connectivity index (χ4v) is 1.57. The minimum Gasteiger partial charge on any atom is -0.392 e. The Labute approximate surface area is 101 Å². The Hall–Kier alpha value is -1.93. The molecule has 0 aliphatic carbocycles. The molecule has 17 heavy (non-hydrogen) atoms. The first kappa shape index (κ1) is 11.6. The molecule has 0 aliphatic rings. The number of para-hydroxylation sites is 1. The summed E-state index contributed by atoms with van der Waals surface area (Å²) in [5.74, 6) is 0. The van der Waals surface area contributed by atoms with Crippen LogP contribution >= 0.6 is 0 Å². The molecule has 0 atom stereocenters. The summed E-state index contributed by atoms with van der Waals surface area (Å²) in [4.78, 5) is 4.39. The maximum atomic E-state index is 9.18. The molecule has 0 aromatic heterocycles. The van der Waals surface area contributed by atoms with E-state index in [0.717, 1.165) is 16.8 Å². The van der Waals surface area contributed by atoms with Crippen LogP contribution < -0.4 is 0 Å². The van der Waals surface area contributed by atoms with Gasteiger partial charge >= 0.3 is 0 Å². The zero-order valence-electron chi connectivity index (χ0n) is 9.80. The molecule has 2 nitrogen and oxygen atoms in total. The quantitative estimate of drug-likeness (QED) is 0.799. The maximum absolute atomic E-state index is 9.18. The Morgan fingerprint density at radius 1 is 1.06 bits per heavy atom. The number of aliphatic hydroxyl groups excluding tert-OH is 1. The molecular weight excluding hydrogens is 210 g/mol. The number of hydrogen-bond donors (Lipinski definition) is 1. The highest BCUT2D eigenvalue weighted by Crippen LogP contribution is 2.18. The number of hydrogen-bond acceptors (Lipinski definition) is 2. The van der Waals surface area contributed by atoms with Gasteiger partial charge in [-0.15, -0.1) is 0 Å². The number of benzene rings is 2. The fourth-order valence-electron chi connectivity index (χ4n) is 1.57. The molecule has 2 aromatic carbocycles. The minimum atomic E-state index is 0.0153. The normalized spacial score (nSPS) is 10.9. The average molecular weight is 225 g/mol. The van der Waals surface area contributed by atoms with Crippen LogP contribution in [0.2, 0.25) is 0 Å². The van der Waals surface area contributed by atoms with E-state index in [4.69, 9.17) is 0 Å². The highest BCUT2D eigenvalue weighted by molar-refractivity contribution is 5.82. The van der Waals surface area contributed by atoms with Crippen LogP contribution in [0.15, 0.2) is 53.5 Å². The summed E-state index contributed by atoms with van der Waals surface area (Å²) in [6.45, 7) is 2.07. The molecule has 0 radical (unpaired) electrons. The largest absolute Gasteiger partial charge is 0.392 e. The number of nitrogens with zero attached hydrogens (tertiary/aromatic N) is 1. The second kappa shape index (κ2) is 5.41. The SMILES string of the molecule is Cc1ccc(C=Nc2ccccc2CO)cc1. The molecule has 2 heteroatoms. The summed E-state index contributed by atoms with van der Waals surface area (Å²) in [6, 6.07) is 15.8. The van der Waals surface area contributed by atoms with Gasteiger partial charge in [0.1, 0.15) is 0 Å². The van der Waals surface area contributed by atoms with Gasteiger partial charge in [-0.1, -0.05) is 48.0 Å². The second-order valence-corrected chi connectivity index (χ2v) is 3.96. The van der Waals surface area contributed by atoms with Gasteiger partial charge in [0.25, 0.3) is 0 Å². The lowest BCUT2D eigenvalue weighted by molar-refractivity contribution is 0.282. The Morgan fingerprint density at radius 3 is 2.47 bits per heavy atom. The maximum Gasteiger partial charge on any atom is 0.0702 e. The van der Waals surface area contributed by atoms with Crippen molar-refractivity contribution in [1.82, 2.24) is 0 Å². The molecule has 0 unspecified atom stereocenters. The zero-order chi connectivity index (χ0) is 12.1. The highest BCUT2D eigenvalue weighted by atomic mass is 16.3. The summed E-state index contributed by atoms with van der Waals surface area (Å²) in [5.41, 5.74) is 3.95. The molecule has 0 saturated carbocycles. The van der Waals surface area contributed by atoms with E-state index in [9.17, 15) is 5.11 Å². The summed E-state index contributed by atoms with van der Waals surface area (Å²) in [7, 11) is 0. The van der Waals surface area contributed by atoms with E-state index >= 15 is 0 Å². The van der Waals surface area contributed by atoms with Crippen molar-refractivity contribution >= 4 is 11.9 Å². The van der Waals surface area contributed by atoms with E-state index in [1.165, 1.54) is 5.56 Å². The number of aliphatic imine (C=N–C) groups is 1. The minimum absolute atomic E-state index is 0.0153. The molecular formula is C15H15NO. The van der Waals surface area contributed by atoms with Crippen LogP contribution in [0.25, 0.3) is 0 Å². The van der Waals surface area contributed by atoms with Crippen molar-refractivity contribution in [1.29, 1.82) is 0 Å². The van der Waals surface area contributed by atoms with Crippen LogP contribution in [0.5, 0.6) is 0 Å². The lowest BCUT2D eigenvalue weighted by Crippen LogP contribution is -1.85. The van der Waals surface area contributed by atoms with Gasteiger partial charge in [0.05, 0.1) is 12.3 Å². The summed E-state index contributed by atoms with van der Waals surface area (Å²) < 4.78 is 0. The van der Waals surface area contributed by atoms with E-state index in [1.807, 2.05) is 42.6 Å². The van der Waals surface area contributed by atoms with Crippen LogP contribution in [0, 0.1) is 6.92 Å². The molecule has 2 aromatic rings. The smallest absolute Gasteiger partial charge is 0.0702 e. The fraction of sp³-hybridized carbons (Fsp3) is 0.133. The zero-order valence-corrected chi connectivity index (χ0v) is 9.80. The van der Waals surface area contributed by atoms with Crippen molar-refractivity contribution in [3.8, 4) is 0 Å². The third-order valence-electron chi connectivity index (χ3n) is 2.59. The van der Waals surface area contributed by atoms with Crippen LogP contribution in [-0.4, -0.2) is 11.3 Å². The monoisotopic (exact) mass is 225 g/mol. The average Bonchev–Trinajstić information content (AvgIpc) is 2.38. The van der Waals surface area contributed by atoms with E-state index in [-0.39, 0.29) is 6.61 Å². The molecule has 0 fully saturated rings. The van der Waals surface area contributed by atoms with Gasteiger partial charge in [0.2, 0.25) is 0 Å². The molecule has 86 valence electrons. The van der Waals surface area contributed by atoms with Crippen molar-refractivity contribution in [2.24, 2.45) is 4.99 Å². The highest BCUT2D eigenvalue weighted by Gasteiger charge is 1.96. The summed E-state index contributed by atoms with van der Waals surface area (Å²) in [5, 5.41) is 9.18. The molecule has 0 saturated heterocycles. The third-order valence-corrected chi connectivity index (χ3v) is 2.59. The second-order valence-electron chi connectivity index (χ2n) is 3.96. The summed E-state index contributed by atoms with van der Waals surface area (Å²) >= 11 is 0. The lowest BCUT2D eigenvalue weighted by atomic mass is 10.1. The molecule has 1 N–H and O–H groups in total. The van der Waals surface area contributed by atoms with Crippen molar-refractivity contribution in [2.45, 2.75) is 13.5 Å². The predicted octanol–water partition coefficient (Wildman–Crippen LogP) is 3.24. The molecule has 0 amide bonds. The van der Waals surface area contributed by atoms with Gasteiger partial charge in [-0.25, -0.2) is 0 Å². The molecule has 0 aliphatic heterocycles. The van der Waals surface area contributed by atoms with E-state index in [2.05, 4.69) is 24.0 Å². The first-order chi connectivity index (χ1) is 8.29. The van der Waals surface area contributed by atoms with Gasteiger partial charge in [-0.05, 0) is 18.6 Å². The van der Waals surface area contributed by atoms with Gasteiger partial charge < -0.3 is 5.11 Å². The Morgan fingerprint density at radius 2 is 1.76 bits per heavy atom. The summed E-state index contributed by atoms with van der Waals surface area (Å²) in [6.07, 6.45) is 1.81. The van der Waals surface area contributed by atoms with Crippen LogP contribution in [0.4, 0.5) is 5.69 Å². The Bertz CT molecular complexity index is 515. The van der Waals surface area contributed by atoms with Gasteiger partial charge in [0.15, 0.2) is 0 Å². The van der Waals surface area contributed by atoms with Crippen molar-refractivity contribution in [3.05, 3.63) is 65.2 Å². The number of aryl methyl sites for hydroxylation is 1. The lowest BCUT2D eigenvalue weighted by Gasteiger charge is -2.01. The molecule has 0 spiro atoms. The van der Waals surface area contributed by atoms with Crippen molar-refractivity contribution in [2.75, 3.05) is 0 Å². The number of aliphatic hydroxyl groups is 1. The van der Waals surface area contributed by atoms with E-state index in [1.54, 1.807) is 0 Å². The Kier molecular flexibility index (Phi) is 3.68. The standard InChI is InChI=1S/C15H15NO/c1-12-6-8-13(9-7-12)10-16-15-5-3-2-4-14(15)11-17/h2-10,17H,11H2,1H3. The first-order valence-corrected chi connectivity index (χ1v) is 5.59. The van der Waals surface area contributed by atoms with Crippen LogP contribution in [0.3, 0.4) is 0 Å². The predicted molar refractivity (Wildman–Crippen MR) is 70.8 cm³/mol. The molecule has 0 bridgehead atoms. The van der Waals surface area contributed by atoms with Crippen LogP contribution in [0.1, 0.15) is 16.7 Å². The first-order valence-electron chi connectivity index (χ1n) is 5.59. The van der Waals surface area contributed by atoms with Crippen LogP contribution in [-0.2, 0) is 6.61 Å².